The molecule has 148 valence electrons. The first-order valence-electron chi connectivity index (χ1n) is 8.43. The monoisotopic (exact) mass is 372 g/mol. The predicted octanol–water partition coefficient (Wildman–Crippen LogP) is 2.12. The third-order valence-corrected chi connectivity index (χ3v) is 3.44. The van der Waals surface area contributed by atoms with Gasteiger partial charge in [-0.15, -0.1) is 0 Å². The molecule has 0 rings (SSSR count). The molecule has 0 fully saturated rings. The molecule has 0 spiro atoms. The van der Waals surface area contributed by atoms with Crippen LogP contribution in [-0.2, 0) is 28.7 Å². The van der Waals surface area contributed by atoms with Crippen LogP contribution in [0.5, 0.6) is 0 Å². The number of carbonyl (C=O) groups is 4. The van der Waals surface area contributed by atoms with Crippen molar-refractivity contribution < 1.29 is 38.9 Å². The van der Waals surface area contributed by atoms with Crippen LogP contribution < -0.4 is 0 Å². The lowest BCUT2D eigenvalue weighted by Crippen LogP contribution is -2.30. The van der Waals surface area contributed by atoms with Gasteiger partial charge in [0.2, 0.25) is 0 Å². The molecular weight excluding hydrogens is 344 g/mol. The highest BCUT2D eigenvalue weighted by Crippen LogP contribution is 2.25. The number of carboxylic acids is 2. The fourth-order valence-electron chi connectivity index (χ4n) is 2.05. The van der Waals surface area contributed by atoms with Gasteiger partial charge >= 0.3 is 23.9 Å². The van der Waals surface area contributed by atoms with Gasteiger partial charge in [-0.3, -0.25) is 9.59 Å². The van der Waals surface area contributed by atoms with Crippen LogP contribution in [-0.4, -0.2) is 47.3 Å². The molecule has 0 heterocycles. The van der Waals surface area contributed by atoms with Gasteiger partial charge in [-0.2, -0.15) is 0 Å². The van der Waals surface area contributed by atoms with Crippen molar-refractivity contribution in [3.63, 3.8) is 0 Å². The van der Waals surface area contributed by atoms with E-state index in [4.69, 9.17) is 9.47 Å². The van der Waals surface area contributed by atoms with Gasteiger partial charge in [0, 0.05) is 0 Å². The molecule has 0 aromatic carbocycles. The number of rotatable bonds is 10. The first kappa shape index (κ1) is 23.6. The van der Waals surface area contributed by atoms with E-state index in [1.165, 1.54) is 13.8 Å². The molecule has 8 nitrogen and oxygen atoms in total. The minimum Gasteiger partial charge on any atom is -0.478 e. The summed E-state index contributed by atoms with van der Waals surface area (Å²) in [6.45, 7) is 9.85. The molecule has 0 aromatic rings. The zero-order valence-corrected chi connectivity index (χ0v) is 16.1. The quantitative estimate of drug-likeness (QED) is 0.441. The van der Waals surface area contributed by atoms with E-state index in [1.54, 1.807) is 27.7 Å². The summed E-state index contributed by atoms with van der Waals surface area (Å²) >= 11 is 0. The van der Waals surface area contributed by atoms with Crippen LogP contribution in [0.25, 0.3) is 0 Å². The number of hydrogen-bond donors (Lipinski definition) is 2. The van der Waals surface area contributed by atoms with Gasteiger partial charge in [-0.25, -0.2) is 9.59 Å². The zero-order chi connectivity index (χ0) is 20.6. The molecule has 2 atom stereocenters. The van der Waals surface area contributed by atoms with E-state index in [0.29, 0.717) is 0 Å². The smallest absolute Gasteiger partial charge is 0.333 e. The average Bonchev–Trinajstić information content (AvgIpc) is 2.52. The fraction of sp³-hybridized carbons (Fsp3) is 0.667. The van der Waals surface area contributed by atoms with Crippen molar-refractivity contribution in [2.45, 2.75) is 41.5 Å². The topological polar surface area (TPSA) is 127 Å². The molecule has 0 saturated carbocycles. The highest BCUT2D eigenvalue weighted by Gasteiger charge is 2.36. The van der Waals surface area contributed by atoms with Crippen molar-refractivity contribution in [3.05, 3.63) is 11.1 Å². The van der Waals surface area contributed by atoms with E-state index in [0.717, 1.165) is 0 Å². The Morgan fingerprint density at radius 3 is 1.12 bits per heavy atom. The van der Waals surface area contributed by atoms with Crippen LogP contribution in [0.4, 0.5) is 0 Å². The van der Waals surface area contributed by atoms with Crippen LogP contribution in [0.1, 0.15) is 41.5 Å². The van der Waals surface area contributed by atoms with E-state index in [-0.39, 0.29) is 25.0 Å². The van der Waals surface area contributed by atoms with Gasteiger partial charge in [-0.05, 0) is 25.7 Å². The molecule has 2 N–H and O–H groups in total. The lowest BCUT2D eigenvalue weighted by atomic mass is 9.88. The van der Waals surface area contributed by atoms with Crippen molar-refractivity contribution in [1.29, 1.82) is 0 Å². The van der Waals surface area contributed by atoms with Crippen molar-refractivity contribution in [3.8, 4) is 0 Å². The Morgan fingerprint density at radius 2 is 0.923 bits per heavy atom. The first-order valence-corrected chi connectivity index (χ1v) is 8.43. The molecule has 0 aromatic heterocycles. The Morgan fingerprint density at radius 1 is 0.654 bits per heavy atom. The van der Waals surface area contributed by atoms with E-state index in [2.05, 4.69) is 0 Å². The Bertz CT molecular complexity index is 524. The number of esters is 2. The van der Waals surface area contributed by atoms with Gasteiger partial charge in [0.25, 0.3) is 0 Å². The van der Waals surface area contributed by atoms with Crippen molar-refractivity contribution in [1.82, 2.24) is 0 Å². The number of aliphatic carboxylic acids is 2. The number of hydrogen-bond acceptors (Lipinski definition) is 6. The van der Waals surface area contributed by atoms with E-state index in [9.17, 15) is 29.4 Å². The predicted molar refractivity (Wildman–Crippen MR) is 92.2 cm³/mol. The maximum Gasteiger partial charge on any atom is 0.333 e. The van der Waals surface area contributed by atoms with Crippen LogP contribution in [0.15, 0.2) is 11.1 Å². The molecule has 26 heavy (non-hydrogen) atoms. The molecule has 0 radical (unpaired) electrons. The fourth-order valence-corrected chi connectivity index (χ4v) is 2.05. The van der Waals surface area contributed by atoms with Gasteiger partial charge in [0.05, 0.1) is 36.2 Å². The maximum absolute atomic E-state index is 12.1. The highest BCUT2D eigenvalue weighted by atomic mass is 16.5. The molecule has 0 saturated heterocycles. The molecule has 8 heteroatoms. The molecule has 0 bridgehead atoms. The Labute approximate surface area is 153 Å². The van der Waals surface area contributed by atoms with E-state index in [1.807, 2.05) is 0 Å². The average molecular weight is 372 g/mol. The van der Waals surface area contributed by atoms with Crippen molar-refractivity contribution >= 4 is 23.9 Å². The minimum absolute atomic E-state index is 0.0345. The third-order valence-electron chi connectivity index (χ3n) is 3.44. The summed E-state index contributed by atoms with van der Waals surface area (Å²) in [7, 11) is 0. The molecule has 0 amide bonds. The summed E-state index contributed by atoms with van der Waals surface area (Å²) in [5, 5.41) is 18.9. The van der Waals surface area contributed by atoms with Gasteiger partial charge < -0.3 is 19.7 Å². The van der Waals surface area contributed by atoms with Gasteiger partial charge in [0.1, 0.15) is 0 Å². The molecule has 0 aliphatic heterocycles. The second kappa shape index (κ2) is 10.6. The summed E-state index contributed by atoms with van der Waals surface area (Å²) in [5.41, 5.74) is -1.36. The maximum atomic E-state index is 12.1. The molecule has 2 unspecified atom stereocenters. The lowest BCUT2D eigenvalue weighted by molar-refractivity contribution is -0.151. The second-order valence-corrected chi connectivity index (χ2v) is 6.93. The Hall–Kier alpha value is -2.38. The number of carboxylic acid groups (broad SMARTS) is 2. The summed E-state index contributed by atoms with van der Waals surface area (Å²) in [6, 6.07) is 0. The number of ether oxygens (including phenoxy) is 2. The van der Waals surface area contributed by atoms with E-state index >= 15 is 0 Å². The zero-order valence-electron chi connectivity index (χ0n) is 16.1. The second-order valence-electron chi connectivity index (χ2n) is 6.93. The van der Waals surface area contributed by atoms with Crippen LogP contribution >= 0.6 is 0 Å². The van der Waals surface area contributed by atoms with Gasteiger partial charge in [0.15, 0.2) is 0 Å². The van der Waals surface area contributed by atoms with Crippen LogP contribution in [0, 0.1) is 23.7 Å². The van der Waals surface area contributed by atoms with Crippen molar-refractivity contribution in [2.75, 3.05) is 13.2 Å². The Balaban J connectivity index is 5.80. The Kier molecular flexibility index (Phi) is 9.61. The SMILES string of the molecule is CC(C)COC(=O)C(C)/C(C(=O)O)=C(\C(=O)O)C(C)C(=O)OCC(C)C. The summed E-state index contributed by atoms with van der Waals surface area (Å²) in [5.74, 6) is -7.55. The van der Waals surface area contributed by atoms with Crippen LogP contribution in [0.2, 0.25) is 0 Å². The minimum atomic E-state index is -1.60. The summed E-state index contributed by atoms with van der Waals surface area (Å²) in [6.07, 6.45) is 0. The molecule has 0 aliphatic carbocycles. The summed E-state index contributed by atoms with van der Waals surface area (Å²) in [4.78, 5) is 47.5. The third kappa shape index (κ3) is 7.25. The summed E-state index contributed by atoms with van der Waals surface area (Å²) < 4.78 is 10.00. The number of carbonyl (C=O) groups excluding carboxylic acids is 2. The first-order chi connectivity index (χ1) is 11.9. The van der Waals surface area contributed by atoms with Crippen molar-refractivity contribution in [2.24, 2.45) is 23.7 Å². The largest absolute Gasteiger partial charge is 0.478 e. The molecular formula is C18H28O8. The van der Waals surface area contributed by atoms with Crippen LogP contribution in [0.3, 0.4) is 0 Å². The lowest BCUT2D eigenvalue weighted by Gasteiger charge is -2.19. The van der Waals surface area contributed by atoms with E-state index < -0.39 is 46.9 Å². The normalized spacial score (nSPS) is 14.5. The van der Waals surface area contributed by atoms with Gasteiger partial charge in [-0.1, -0.05) is 27.7 Å². The highest BCUT2D eigenvalue weighted by molar-refractivity contribution is 6.05. The molecule has 0 aliphatic rings. The standard InChI is InChI=1S/C18H28O8/c1-9(2)7-25-17(23)11(5)13(15(19)20)14(16(21)22)12(6)18(24)26-8-10(3)4/h9-12H,7-8H2,1-6H3,(H,19,20)(H,21,22)/b14-13+.